The lowest BCUT2D eigenvalue weighted by atomic mass is 9.93. The van der Waals surface area contributed by atoms with Crippen LogP contribution in [0.2, 0.25) is 0 Å². The molecule has 3 nitrogen and oxygen atoms in total. The minimum Gasteiger partial charge on any atom is -0.390 e. The molecule has 0 aromatic rings. The Morgan fingerprint density at radius 3 is 2.77 bits per heavy atom. The monoisotopic (exact) mass is 184 g/mol. The molecular formula is C10H16O3. The van der Waals surface area contributed by atoms with Gasteiger partial charge in [-0.15, -0.1) is 0 Å². The molecular weight excluding hydrogens is 168 g/mol. The molecule has 0 bridgehead atoms. The first-order valence-corrected chi connectivity index (χ1v) is 4.70. The summed E-state index contributed by atoms with van der Waals surface area (Å²) < 4.78 is 11.3. The largest absolute Gasteiger partial charge is 0.390 e. The molecule has 0 amide bonds. The Hall–Kier alpha value is -0.380. The molecule has 74 valence electrons. The number of rotatable bonds is 0. The second kappa shape index (κ2) is 2.80. The maximum Gasteiger partial charge on any atom is 0.164 e. The van der Waals surface area contributed by atoms with Gasteiger partial charge in [0, 0.05) is 0 Å². The average molecular weight is 184 g/mol. The van der Waals surface area contributed by atoms with E-state index in [9.17, 15) is 5.11 Å². The number of ether oxygens (including phenoxy) is 2. The Labute approximate surface area is 78.3 Å². The van der Waals surface area contributed by atoms with Gasteiger partial charge in [0.2, 0.25) is 0 Å². The number of fused-ring (bicyclic) bond motifs is 1. The maximum atomic E-state index is 9.68. The first-order chi connectivity index (χ1) is 5.99. The van der Waals surface area contributed by atoms with Gasteiger partial charge < -0.3 is 14.6 Å². The van der Waals surface area contributed by atoms with Crippen LogP contribution in [0.25, 0.3) is 0 Å². The molecule has 3 heteroatoms. The van der Waals surface area contributed by atoms with E-state index in [2.05, 4.69) is 0 Å². The van der Waals surface area contributed by atoms with Gasteiger partial charge in [-0.3, -0.25) is 0 Å². The van der Waals surface area contributed by atoms with Gasteiger partial charge in [0.05, 0.1) is 6.10 Å². The first-order valence-electron chi connectivity index (χ1n) is 4.70. The van der Waals surface area contributed by atoms with Crippen LogP contribution in [0.1, 0.15) is 27.2 Å². The van der Waals surface area contributed by atoms with E-state index in [0.29, 0.717) is 6.42 Å². The molecule has 0 aromatic heterocycles. The molecule has 1 saturated heterocycles. The topological polar surface area (TPSA) is 38.7 Å². The van der Waals surface area contributed by atoms with Gasteiger partial charge in [-0.2, -0.15) is 0 Å². The average Bonchev–Trinajstić information content (AvgIpc) is 2.35. The minimum atomic E-state index is -0.560. The Balaban J connectivity index is 2.23. The van der Waals surface area contributed by atoms with Crippen LogP contribution in [0, 0.1) is 0 Å². The predicted octanol–water partition coefficient (Wildman–Crippen LogP) is 1.22. The first kappa shape index (κ1) is 9.19. The summed E-state index contributed by atoms with van der Waals surface area (Å²) in [4.78, 5) is 0. The van der Waals surface area contributed by atoms with E-state index in [4.69, 9.17) is 9.47 Å². The fourth-order valence-corrected chi connectivity index (χ4v) is 1.98. The third-order valence-electron chi connectivity index (χ3n) is 2.64. The Morgan fingerprint density at radius 1 is 1.46 bits per heavy atom. The number of hydrogen-bond donors (Lipinski definition) is 1. The maximum absolute atomic E-state index is 9.68. The van der Waals surface area contributed by atoms with Crippen LogP contribution >= 0.6 is 0 Å². The SMILES string of the molecule is CC1=CCC(O)C2OC(C)(C)OC12. The van der Waals surface area contributed by atoms with E-state index in [0.717, 1.165) is 0 Å². The zero-order chi connectivity index (χ0) is 9.64. The standard InChI is InChI=1S/C10H16O3/c1-6-4-5-7(11)9-8(6)12-10(2,3)13-9/h4,7-9,11H,5H2,1-3H3. The van der Waals surface area contributed by atoms with Crippen LogP contribution in [0.4, 0.5) is 0 Å². The number of hydrogen-bond acceptors (Lipinski definition) is 3. The zero-order valence-electron chi connectivity index (χ0n) is 8.28. The quantitative estimate of drug-likeness (QED) is 0.575. The Morgan fingerprint density at radius 2 is 2.15 bits per heavy atom. The van der Waals surface area contributed by atoms with Crippen LogP contribution < -0.4 is 0 Å². The van der Waals surface area contributed by atoms with E-state index < -0.39 is 11.9 Å². The van der Waals surface area contributed by atoms with Gasteiger partial charge >= 0.3 is 0 Å². The molecule has 0 radical (unpaired) electrons. The Kier molecular flexibility index (Phi) is 1.98. The van der Waals surface area contributed by atoms with Crippen molar-refractivity contribution in [2.45, 2.75) is 51.3 Å². The molecule has 3 unspecified atom stereocenters. The molecule has 1 aliphatic heterocycles. The summed E-state index contributed by atoms with van der Waals surface area (Å²) >= 11 is 0. The van der Waals surface area contributed by atoms with Crippen molar-refractivity contribution in [3.63, 3.8) is 0 Å². The highest BCUT2D eigenvalue weighted by molar-refractivity contribution is 5.16. The summed E-state index contributed by atoms with van der Waals surface area (Å²) in [6.45, 7) is 5.78. The van der Waals surface area contributed by atoms with Crippen molar-refractivity contribution in [3.8, 4) is 0 Å². The summed E-state index contributed by atoms with van der Waals surface area (Å²) in [7, 11) is 0. The molecule has 1 N–H and O–H groups in total. The van der Waals surface area contributed by atoms with E-state index in [1.54, 1.807) is 0 Å². The highest BCUT2D eigenvalue weighted by atomic mass is 16.8. The molecule has 0 aromatic carbocycles. The molecule has 2 aliphatic rings. The van der Waals surface area contributed by atoms with Gasteiger partial charge in [0.1, 0.15) is 12.2 Å². The van der Waals surface area contributed by atoms with Gasteiger partial charge in [-0.05, 0) is 32.8 Å². The van der Waals surface area contributed by atoms with Crippen molar-refractivity contribution in [2.75, 3.05) is 0 Å². The summed E-state index contributed by atoms with van der Waals surface area (Å²) in [5, 5.41) is 9.68. The van der Waals surface area contributed by atoms with E-state index >= 15 is 0 Å². The normalized spacial score (nSPS) is 42.8. The molecule has 1 aliphatic carbocycles. The number of aliphatic hydroxyl groups is 1. The van der Waals surface area contributed by atoms with Gasteiger partial charge in [-0.25, -0.2) is 0 Å². The Bertz CT molecular complexity index is 245. The van der Waals surface area contributed by atoms with Crippen LogP contribution in [-0.4, -0.2) is 29.2 Å². The highest BCUT2D eigenvalue weighted by Gasteiger charge is 2.46. The van der Waals surface area contributed by atoms with Crippen molar-refractivity contribution in [1.29, 1.82) is 0 Å². The van der Waals surface area contributed by atoms with Crippen LogP contribution in [0.5, 0.6) is 0 Å². The second-order valence-corrected chi connectivity index (χ2v) is 4.27. The molecule has 0 spiro atoms. The molecule has 2 rings (SSSR count). The lowest BCUT2D eigenvalue weighted by Gasteiger charge is -2.26. The summed E-state index contributed by atoms with van der Waals surface area (Å²) in [5.41, 5.74) is 1.17. The third-order valence-corrected chi connectivity index (χ3v) is 2.64. The summed E-state index contributed by atoms with van der Waals surface area (Å²) in [6.07, 6.45) is 2.04. The summed E-state index contributed by atoms with van der Waals surface area (Å²) in [5.74, 6) is -0.560. The van der Waals surface area contributed by atoms with Crippen molar-refractivity contribution in [3.05, 3.63) is 11.6 Å². The van der Waals surface area contributed by atoms with Crippen molar-refractivity contribution in [1.82, 2.24) is 0 Å². The van der Waals surface area contributed by atoms with E-state index in [-0.39, 0.29) is 12.2 Å². The highest BCUT2D eigenvalue weighted by Crippen LogP contribution is 2.36. The molecule has 1 heterocycles. The number of aliphatic hydroxyl groups excluding tert-OH is 1. The lowest BCUT2D eigenvalue weighted by molar-refractivity contribution is -0.152. The van der Waals surface area contributed by atoms with E-state index in [1.165, 1.54) is 5.57 Å². The van der Waals surface area contributed by atoms with Gasteiger partial charge in [0.15, 0.2) is 5.79 Å². The molecule has 13 heavy (non-hydrogen) atoms. The van der Waals surface area contributed by atoms with Crippen LogP contribution in [0.15, 0.2) is 11.6 Å². The van der Waals surface area contributed by atoms with Crippen molar-refractivity contribution >= 4 is 0 Å². The summed E-state index contributed by atoms with van der Waals surface area (Å²) in [6, 6.07) is 0. The molecule has 0 saturated carbocycles. The smallest absolute Gasteiger partial charge is 0.164 e. The third kappa shape index (κ3) is 1.52. The fourth-order valence-electron chi connectivity index (χ4n) is 1.98. The van der Waals surface area contributed by atoms with Crippen LogP contribution in [-0.2, 0) is 9.47 Å². The minimum absolute atomic E-state index is 0.0567. The second-order valence-electron chi connectivity index (χ2n) is 4.27. The van der Waals surface area contributed by atoms with E-state index in [1.807, 2.05) is 26.8 Å². The molecule has 3 atom stereocenters. The molecule has 1 fully saturated rings. The van der Waals surface area contributed by atoms with Crippen LogP contribution in [0.3, 0.4) is 0 Å². The predicted molar refractivity (Wildman–Crippen MR) is 48.2 cm³/mol. The van der Waals surface area contributed by atoms with Gasteiger partial charge in [-0.1, -0.05) is 6.08 Å². The van der Waals surface area contributed by atoms with Crippen molar-refractivity contribution < 1.29 is 14.6 Å². The zero-order valence-corrected chi connectivity index (χ0v) is 8.28. The lowest BCUT2D eigenvalue weighted by Crippen LogP contribution is -2.38. The fraction of sp³-hybridized carbons (Fsp3) is 0.800. The van der Waals surface area contributed by atoms with Gasteiger partial charge in [0.25, 0.3) is 0 Å². The van der Waals surface area contributed by atoms with Crippen molar-refractivity contribution in [2.24, 2.45) is 0 Å².